The number of anilines is 3. The highest BCUT2D eigenvalue weighted by Gasteiger charge is 2.41. The zero-order valence-electron chi connectivity index (χ0n) is 34.5. The molecule has 2 heteroatoms. The Morgan fingerprint density at radius 3 is 1.74 bits per heavy atom. The molecule has 0 radical (unpaired) electrons. The fourth-order valence-electron chi connectivity index (χ4n) is 10.9. The summed E-state index contributed by atoms with van der Waals surface area (Å²) in [6, 6.07) is 75.6. The number of furan rings is 1. The Hall–Kier alpha value is -7.42. The lowest BCUT2D eigenvalue weighted by Gasteiger charge is -2.31. The van der Waals surface area contributed by atoms with Gasteiger partial charge in [-0.1, -0.05) is 178 Å². The molecule has 0 bridgehead atoms. The normalized spacial score (nSPS) is 15.7. The highest BCUT2D eigenvalue weighted by molar-refractivity contribution is 6.13. The monoisotopic (exact) mass is 781 g/mol. The molecule has 1 unspecified atom stereocenters. The van der Waals surface area contributed by atoms with Crippen molar-refractivity contribution in [3.8, 4) is 44.5 Å². The molecule has 0 N–H and O–H groups in total. The number of nitrogens with zero attached hydrogens (tertiary/aromatic N) is 1. The summed E-state index contributed by atoms with van der Waals surface area (Å²) in [4.78, 5) is 2.43. The molecule has 290 valence electrons. The van der Waals surface area contributed by atoms with Crippen LogP contribution in [0, 0.1) is 0 Å². The lowest BCUT2D eigenvalue weighted by atomic mass is 9.74. The minimum absolute atomic E-state index is 0.119. The lowest BCUT2D eigenvalue weighted by molar-refractivity contribution is 0.662. The highest BCUT2D eigenvalue weighted by atomic mass is 16.3. The molecule has 0 aliphatic heterocycles. The van der Waals surface area contributed by atoms with Crippen molar-refractivity contribution in [3.05, 3.63) is 234 Å². The van der Waals surface area contributed by atoms with Gasteiger partial charge in [-0.25, -0.2) is 0 Å². The third-order valence-electron chi connectivity index (χ3n) is 13.8. The highest BCUT2D eigenvalue weighted by Crippen LogP contribution is 2.55. The molecule has 9 aromatic carbocycles. The van der Waals surface area contributed by atoms with Gasteiger partial charge >= 0.3 is 0 Å². The van der Waals surface area contributed by atoms with Gasteiger partial charge in [-0.2, -0.15) is 0 Å². The Bertz CT molecular complexity index is 3350. The van der Waals surface area contributed by atoms with Gasteiger partial charge in [0.05, 0.1) is 11.1 Å². The van der Waals surface area contributed by atoms with Crippen LogP contribution in [0.3, 0.4) is 0 Å². The number of hydrogen-bond acceptors (Lipinski definition) is 2. The second kappa shape index (κ2) is 13.3. The molecule has 0 saturated heterocycles. The van der Waals surface area contributed by atoms with E-state index in [0.717, 1.165) is 39.0 Å². The number of para-hydroxylation sites is 1. The maximum absolute atomic E-state index is 6.49. The average molecular weight is 782 g/mol. The van der Waals surface area contributed by atoms with Crippen LogP contribution in [0.4, 0.5) is 17.1 Å². The first-order valence-electron chi connectivity index (χ1n) is 21.3. The summed E-state index contributed by atoms with van der Waals surface area (Å²) < 4.78 is 6.49. The first-order chi connectivity index (χ1) is 29.9. The third kappa shape index (κ3) is 5.15. The maximum Gasteiger partial charge on any atom is 0.137 e. The van der Waals surface area contributed by atoms with Crippen LogP contribution in [0.15, 0.2) is 211 Å². The molecule has 61 heavy (non-hydrogen) atoms. The second-order valence-electron chi connectivity index (χ2n) is 17.3. The molecule has 0 saturated carbocycles. The second-order valence-corrected chi connectivity index (χ2v) is 17.3. The molecule has 2 aliphatic rings. The Labute approximate surface area is 357 Å². The van der Waals surface area contributed by atoms with Crippen molar-refractivity contribution in [2.24, 2.45) is 0 Å². The van der Waals surface area contributed by atoms with Gasteiger partial charge in [0.2, 0.25) is 0 Å². The van der Waals surface area contributed by atoms with Crippen LogP contribution in [0.1, 0.15) is 48.6 Å². The van der Waals surface area contributed by atoms with E-state index in [2.05, 4.69) is 226 Å². The summed E-state index contributed by atoms with van der Waals surface area (Å²) in [5.74, 6) is 0. The quantitative estimate of drug-likeness (QED) is 0.167. The molecule has 0 spiro atoms. The predicted octanol–water partition coefficient (Wildman–Crippen LogP) is 16.0. The van der Waals surface area contributed by atoms with Gasteiger partial charge in [-0.3, -0.25) is 0 Å². The third-order valence-corrected chi connectivity index (χ3v) is 13.8. The van der Waals surface area contributed by atoms with E-state index in [-0.39, 0.29) is 10.8 Å². The van der Waals surface area contributed by atoms with Crippen LogP contribution >= 0.6 is 0 Å². The van der Waals surface area contributed by atoms with Crippen molar-refractivity contribution in [2.45, 2.75) is 31.6 Å². The van der Waals surface area contributed by atoms with Crippen LogP contribution in [-0.4, -0.2) is 0 Å². The number of rotatable bonds is 6. The summed E-state index contributed by atoms with van der Waals surface area (Å²) >= 11 is 0. The van der Waals surface area contributed by atoms with E-state index in [0.29, 0.717) is 0 Å². The number of fused-ring (bicyclic) bond motifs is 9. The number of hydrogen-bond donors (Lipinski definition) is 0. The molecule has 0 fully saturated rings. The van der Waals surface area contributed by atoms with Gasteiger partial charge in [-0.05, 0) is 122 Å². The van der Waals surface area contributed by atoms with E-state index in [4.69, 9.17) is 4.42 Å². The van der Waals surface area contributed by atoms with E-state index < -0.39 is 0 Å². The van der Waals surface area contributed by atoms with Crippen LogP contribution in [0.5, 0.6) is 0 Å². The van der Waals surface area contributed by atoms with Crippen molar-refractivity contribution in [1.29, 1.82) is 0 Å². The van der Waals surface area contributed by atoms with E-state index in [1.807, 2.05) is 6.07 Å². The summed E-state index contributed by atoms with van der Waals surface area (Å²) in [6.07, 6.45) is 0. The van der Waals surface area contributed by atoms with E-state index in [1.54, 1.807) is 0 Å². The van der Waals surface area contributed by atoms with Gasteiger partial charge < -0.3 is 9.32 Å². The van der Waals surface area contributed by atoms with Crippen LogP contribution < -0.4 is 4.90 Å². The predicted molar refractivity (Wildman–Crippen MR) is 254 cm³/mol. The Morgan fingerprint density at radius 1 is 0.393 bits per heavy atom. The van der Waals surface area contributed by atoms with Crippen molar-refractivity contribution < 1.29 is 4.42 Å². The van der Waals surface area contributed by atoms with Gasteiger partial charge in [0, 0.05) is 27.6 Å². The minimum atomic E-state index is -0.329. The molecule has 12 rings (SSSR count). The fourth-order valence-corrected chi connectivity index (χ4v) is 10.9. The van der Waals surface area contributed by atoms with Crippen molar-refractivity contribution in [2.75, 3.05) is 4.90 Å². The van der Waals surface area contributed by atoms with Crippen LogP contribution in [0.25, 0.3) is 66.4 Å². The summed E-state index contributed by atoms with van der Waals surface area (Å²) in [5.41, 5.74) is 21.5. The summed E-state index contributed by atoms with van der Waals surface area (Å²) in [5, 5.41) is 2.20. The molecular weight excluding hydrogens is 739 g/mol. The SMILES string of the molecule is CC1(C)c2ccccc2-c2cccc(-c3ccccc3-c3ccc(N(c4ccc5c(c4)C(C)(c4ccccc4)c4ccccc4-5)c4cccc5oc6ccccc6c45)cc3)c21. The fraction of sp³-hybridized carbons (Fsp3) is 0.0847. The van der Waals surface area contributed by atoms with E-state index >= 15 is 0 Å². The van der Waals surface area contributed by atoms with Gasteiger partial charge in [0.25, 0.3) is 0 Å². The molecule has 10 aromatic rings. The van der Waals surface area contributed by atoms with Gasteiger partial charge in [-0.15, -0.1) is 0 Å². The zero-order valence-corrected chi connectivity index (χ0v) is 34.5. The Morgan fingerprint density at radius 2 is 0.951 bits per heavy atom. The molecule has 1 atom stereocenters. The first kappa shape index (κ1) is 35.5. The molecule has 2 nitrogen and oxygen atoms in total. The van der Waals surface area contributed by atoms with E-state index in [9.17, 15) is 0 Å². The van der Waals surface area contributed by atoms with Crippen LogP contribution in [-0.2, 0) is 10.8 Å². The van der Waals surface area contributed by atoms with Gasteiger partial charge in [0.15, 0.2) is 0 Å². The number of benzene rings is 9. The van der Waals surface area contributed by atoms with Crippen LogP contribution in [0.2, 0.25) is 0 Å². The Kier molecular flexibility index (Phi) is 7.74. The molecule has 1 aromatic heterocycles. The Balaban J connectivity index is 1.03. The minimum Gasteiger partial charge on any atom is -0.456 e. The largest absolute Gasteiger partial charge is 0.456 e. The van der Waals surface area contributed by atoms with Crippen molar-refractivity contribution >= 4 is 39.0 Å². The summed E-state index contributed by atoms with van der Waals surface area (Å²) in [6.45, 7) is 7.13. The standard InChI is InChI=1S/C59H43NO/c1-58(2)50-26-12-9-22-45(50)48-25-15-24-47(57(48)58)43-20-8-7-19-42(43)38-31-33-40(34-32-38)60(53-28-16-30-55-56(53)49-23-11-14-29-54(49)61-55)41-35-36-46-44-21-10-13-27-51(44)59(3,52(46)37-41)39-17-5-4-6-18-39/h4-37H,1-3H3. The molecule has 2 aliphatic carbocycles. The maximum atomic E-state index is 6.49. The molecule has 0 amide bonds. The average Bonchev–Trinajstić information content (AvgIpc) is 3.91. The molecule has 1 heterocycles. The van der Waals surface area contributed by atoms with Gasteiger partial charge in [0.1, 0.15) is 11.2 Å². The van der Waals surface area contributed by atoms with Crippen molar-refractivity contribution in [3.63, 3.8) is 0 Å². The van der Waals surface area contributed by atoms with E-state index in [1.165, 1.54) is 72.3 Å². The summed E-state index contributed by atoms with van der Waals surface area (Å²) in [7, 11) is 0. The molecular formula is C59H43NO. The smallest absolute Gasteiger partial charge is 0.137 e. The first-order valence-corrected chi connectivity index (χ1v) is 21.3. The lowest BCUT2D eigenvalue weighted by Crippen LogP contribution is -2.22. The van der Waals surface area contributed by atoms with Crippen molar-refractivity contribution in [1.82, 2.24) is 0 Å². The zero-order chi connectivity index (χ0) is 40.9. The topological polar surface area (TPSA) is 16.4 Å².